The van der Waals surface area contributed by atoms with Crippen LogP contribution in [0.5, 0.6) is 0 Å². The molecule has 1 saturated carbocycles. The van der Waals surface area contributed by atoms with E-state index in [4.69, 9.17) is 0 Å². The number of nitrogens with zero attached hydrogens (tertiary/aromatic N) is 1. The number of pyridine rings is 1. The highest BCUT2D eigenvalue weighted by molar-refractivity contribution is 5.49. The van der Waals surface area contributed by atoms with Crippen LogP contribution in [0.15, 0.2) is 48.7 Å². The van der Waals surface area contributed by atoms with Crippen molar-refractivity contribution >= 4 is 5.69 Å². The molecule has 0 bridgehead atoms. The Kier molecular flexibility index (Phi) is 3.01. The summed E-state index contributed by atoms with van der Waals surface area (Å²) in [7, 11) is 0. The van der Waals surface area contributed by atoms with E-state index in [1.54, 1.807) is 0 Å². The highest BCUT2D eigenvalue weighted by atomic mass is 15.0. The van der Waals surface area contributed by atoms with Gasteiger partial charge in [-0.2, -0.15) is 0 Å². The first-order valence-corrected chi connectivity index (χ1v) is 6.58. The highest BCUT2D eigenvalue weighted by Crippen LogP contribution is 2.42. The molecule has 2 nitrogen and oxygen atoms in total. The highest BCUT2D eigenvalue weighted by Gasteiger charge is 2.32. The average molecular weight is 238 g/mol. The number of hydrogen-bond donors (Lipinski definition) is 1. The zero-order valence-corrected chi connectivity index (χ0v) is 10.6. The molecule has 0 spiro atoms. The van der Waals surface area contributed by atoms with Crippen LogP contribution in [0.3, 0.4) is 0 Å². The molecule has 3 rings (SSSR count). The van der Waals surface area contributed by atoms with Gasteiger partial charge in [0.2, 0.25) is 0 Å². The van der Waals surface area contributed by atoms with E-state index in [0.29, 0.717) is 6.04 Å². The van der Waals surface area contributed by atoms with Crippen molar-refractivity contribution < 1.29 is 0 Å². The molecule has 0 amide bonds. The number of nitrogens with one attached hydrogen (secondary N) is 1. The van der Waals surface area contributed by atoms with Gasteiger partial charge < -0.3 is 5.32 Å². The Morgan fingerprint density at radius 1 is 1.11 bits per heavy atom. The summed E-state index contributed by atoms with van der Waals surface area (Å²) >= 11 is 0. The smallest absolute Gasteiger partial charge is 0.0603 e. The van der Waals surface area contributed by atoms with Crippen molar-refractivity contribution in [3.8, 4) is 0 Å². The number of benzene rings is 1. The van der Waals surface area contributed by atoms with Crippen LogP contribution >= 0.6 is 0 Å². The van der Waals surface area contributed by atoms with E-state index >= 15 is 0 Å². The Morgan fingerprint density at radius 3 is 2.56 bits per heavy atom. The van der Waals surface area contributed by atoms with Gasteiger partial charge >= 0.3 is 0 Å². The maximum atomic E-state index is 4.34. The first-order valence-electron chi connectivity index (χ1n) is 6.58. The summed E-state index contributed by atoms with van der Waals surface area (Å²) in [4.78, 5) is 4.34. The van der Waals surface area contributed by atoms with Gasteiger partial charge in [0.1, 0.15) is 0 Å². The van der Waals surface area contributed by atoms with E-state index in [9.17, 15) is 0 Å². The SMILES string of the molecule is Cc1ncccc1NC(c1ccccc1)C1CC1. The van der Waals surface area contributed by atoms with Gasteiger partial charge in [0.25, 0.3) is 0 Å². The first-order chi connectivity index (χ1) is 8.84. The molecule has 1 unspecified atom stereocenters. The second kappa shape index (κ2) is 4.81. The van der Waals surface area contributed by atoms with Gasteiger partial charge in [-0.25, -0.2) is 0 Å². The second-order valence-electron chi connectivity index (χ2n) is 5.01. The molecule has 18 heavy (non-hydrogen) atoms. The normalized spacial score (nSPS) is 16.3. The lowest BCUT2D eigenvalue weighted by Gasteiger charge is -2.21. The van der Waals surface area contributed by atoms with Crippen LogP contribution in [0, 0.1) is 12.8 Å². The number of aromatic nitrogens is 1. The molecule has 0 saturated heterocycles. The van der Waals surface area contributed by atoms with Crippen LogP contribution in [0.2, 0.25) is 0 Å². The van der Waals surface area contributed by atoms with Crippen molar-refractivity contribution in [1.82, 2.24) is 4.98 Å². The van der Waals surface area contributed by atoms with E-state index < -0.39 is 0 Å². The van der Waals surface area contributed by atoms with Crippen molar-refractivity contribution in [3.63, 3.8) is 0 Å². The summed E-state index contributed by atoms with van der Waals surface area (Å²) in [6, 6.07) is 15.2. The zero-order chi connectivity index (χ0) is 12.4. The molecule has 1 atom stereocenters. The Balaban J connectivity index is 1.86. The van der Waals surface area contributed by atoms with Gasteiger partial charge in [-0.15, -0.1) is 0 Å². The van der Waals surface area contributed by atoms with Crippen LogP contribution in [0.1, 0.15) is 30.1 Å². The molecular weight excluding hydrogens is 220 g/mol. The van der Waals surface area contributed by atoms with Crippen molar-refractivity contribution in [2.45, 2.75) is 25.8 Å². The van der Waals surface area contributed by atoms with Gasteiger partial charge in [-0.1, -0.05) is 30.3 Å². The van der Waals surface area contributed by atoms with Crippen molar-refractivity contribution in [2.24, 2.45) is 5.92 Å². The molecule has 1 aliphatic rings. The fraction of sp³-hybridized carbons (Fsp3) is 0.312. The minimum absolute atomic E-state index is 0.425. The lowest BCUT2D eigenvalue weighted by molar-refractivity contribution is 0.677. The Morgan fingerprint density at radius 2 is 1.89 bits per heavy atom. The third kappa shape index (κ3) is 2.37. The van der Waals surface area contributed by atoms with Crippen molar-refractivity contribution in [2.75, 3.05) is 5.32 Å². The Hall–Kier alpha value is -1.83. The van der Waals surface area contributed by atoms with Crippen molar-refractivity contribution in [3.05, 3.63) is 59.9 Å². The van der Waals surface area contributed by atoms with E-state index in [1.165, 1.54) is 18.4 Å². The lowest BCUT2D eigenvalue weighted by atomic mass is 10.0. The summed E-state index contributed by atoms with van der Waals surface area (Å²) < 4.78 is 0. The maximum absolute atomic E-state index is 4.34. The summed E-state index contributed by atoms with van der Waals surface area (Å²) in [5.74, 6) is 0.770. The fourth-order valence-electron chi connectivity index (χ4n) is 2.37. The maximum Gasteiger partial charge on any atom is 0.0603 e. The third-order valence-corrected chi connectivity index (χ3v) is 3.57. The number of anilines is 1. The molecule has 1 aromatic heterocycles. The predicted molar refractivity (Wildman–Crippen MR) is 74.5 cm³/mol. The average Bonchev–Trinajstić information content (AvgIpc) is 3.23. The molecule has 0 radical (unpaired) electrons. The topological polar surface area (TPSA) is 24.9 Å². The molecule has 1 fully saturated rings. The Labute approximate surface area is 108 Å². The van der Waals surface area contributed by atoms with Gasteiger partial charge in [0.05, 0.1) is 17.4 Å². The number of aryl methyl sites for hydroxylation is 1. The third-order valence-electron chi connectivity index (χ3n) is 3.57. The van der Waals surface area contributed by atoms with Crippen LogP contribution in [-0.2, 0) is 0 Å². The largest absolute Gasteiger partial charge is 0.376 e. The lowest BCUT2D eigenvalue weighted by Crippen LogP contribution is -2.13. The first kappa shape index (κ1) is 11.3. The predicted octanol–water partition coefficient (Wildman–Crippen LogP) is 3.95. The van der Waals surface area contributed by atoms with Gasteiger partial charge in [0.15, 0.2) is 0 Å². The number of rotatable bonds is 4. The Bertz CT molecular complexity index is 518. The number of hydrogen-bond acceptors (Lipinski definition) is 2. The zero-order valence-electron chi connectivity index (χ0n) is 10.6. The molecule has 2 aromatic rings. The molecule has 1 N–H and O–H groups in total. The molecule has 1 aromatic carbocycles. The van der Waals surface area contributed by atoms with Crippen molar-refractivity contribution in [1.29, 1.82) is 0 Å². The van der Waals surface area contributed by atoms with E-state index in [2.05, 4.69) is 53.6 Å². The molecular formula is C16H18N2. The summed E-state index contributed by atoms with van der Waals surface area (Å²) in [6.45, 7) is 2.05. The quantitative estimate of drug-likeness (QED) is 0.872. The molecule has 1 aliphatic carbocycles. The van der Waals surface area contributed by atoms with Crippen LogP contribution in [0.4, 0.5) is 5.69 Å². The van der Waals surface area contributed by atoms with Crippen LogP contribution in [0.25, 0.3) is 0 Å². The van der Waals surface area contributed by atoms with E-state index in [-0.39, 0.29) is 0 Å². The standard InChI is InChI=1S/C16H18N2/c1-12-15(8-5-11-17-12)18-16(14-9-10-14)13-6-3-2-4-7-13/h2-8,11,14,16,18H,9-10H2,1H3. The minimum atomic E-state index is 0.425. The monoisotopic (exact) mass is 238 g/mol. The summed E-state index contributed by atoms with van der Waals surface area (Å²) in [5.41, 5.74) is 3.60. The molecule has 2 heteroatoms. The van der Waals surface area contributed by atoms with Crippen LogP contribution in [-0.4, -0.2) is 4.98 Å². The molecule has 0 aliphatic heterocycles. The molecule has 1 heterocycles. The van der Waals surface area contributed by atoms with E-state index in [0.717, 1.165) is 17.3 Å². The van der Waals surface area contributed by atoms with Gasteiger partial charge in [0, 0.05) is 6.20 Å². The minimum Gasteiger partial charge on any atom is -0.376 e. The van der Waals surface area contributed by atoms with Crippen LogP contribution < -0.4 is 5.32 Å². The summed E-state index contributed by atoms with van der Waals surface area (Å²) in [5, 5.41) is 3.66. The van der Waals surface area contributed by atoms with E-state index in [1.807, 2.05) is 12.3 Å². The second-order valence-corrected chi connectivity index (χ2v) is 5.01. The van der Waals surface area contributed by atoms with Gasteiger partial charge in [-0.3, -0.25) is 4.98 Å². The fourth-order valence-corrected chi connectivity index (χ4v) is 2.37. The summed E-state index contributed by atoms with van der Waals surface area (Å²) in [6.07, 6.45) is 4.49. The molecule has 92 valence electrons. The van der Waals surface area contributed by atoms with Gasteiger partial charge in [-0.05, 0) is 43.4 Å².